The van der Waals surface area contributed by atoms with Crippen LogP contribution in [0.5, 0.6) is 0 Å². The molecule has 1 rings (SSSR count). The number of rotatable bonds is 3. The minimum atomic E-state index is -0.481. The summed E-state index contributed by atoms with van der Waals surface area (Å²) in [7, 11) is 0. The van der Waals surface area contributed by atoms with Gasteiger partial charge in [0.2, 0.25) is 5.91 Å². The molecule has 5 N–H and O–H groups in total. The SMILES string of the molecule is NNC(=O)/C=C/c1ccc(C(N)=O)cc1. The van der Waals surface area contributed by atoms with Gasteiger partial charge >= 0.3 is 0 Å². The summed E-state index contributed by atoms with van der Waals surface area (Å²) < 4.78 is 0. The number of hydrazine groups is 1. The van der Waals surface area contributed by atoms with E-state index in [1.54, 1.807) is 30.3 Å². The molecule has 0 atom stereocenters. The van der Waals surface area contributed by atoms with Crippen molar-refractivity contribution >= 4 is 17.9 Å². The largest absolute Gasteiger partial charge is 0.366 e. The first kappa shape index (κ1) is 10.9. The minimum absolute atomic E-state index is 0.394. The highest BCUT2D eigenvalue weighted by molar-refractivity contribution is 5.93. The number of nitrogens with one attached hydrogen (secondary N) is 1. The summed E-state index contributed by atoms with van der Waals surface area (Å²) in [6, 6.07) is 6.53. The maximum absolute atomic E-state index is 10.8. The second kappa shape index (κ2) is 4.92. The fraction of sp³-hybridized carbons (Fsp3) is 0. The molecule has 0 saturated carbocycles. The lowest BCUT2D eigenvalue weighted by Crippen LogP contribution is -2.27. The molecule has 15 heavy (non-hydrogen) atoms. The number of amides is 2. The van der Waals surface area contributed by atoms with Crippen molar-refractivity contribution in [3.63, 3.8) is 0 Å². The Hall–Kier alpha value is -2.14. The van der Waals surface area contributed by atoms with Crippen LogP contribution < -0.4 is 17.0 Å². The van der Waals surface area contributed by atoms with E-state index >= 15 is 0 Å². The van der Waals surface area contributed by atoms with E-state index < -0.39 is 11.8 Å². The van der Waals surface area contributed by atoms with Crippen molar-refractivity contribution in [3.8, 4) is 0 Å². The van der Waals surface area contributed by atoms with Gasteiger partial charge < -0.3 is 5.73 Å². The van der Waals surface area contributed by atoms with E-state index in [2.05, 4.69) is 0 Å². The number of primary amides is 1. The summed E-state index contributed by atoms with van der Waals surface area (Å²) in [6.07, 6.45) is 2.87. The van der Waals surface area contributed by atoms with E-state index in [-0.39, 0.29) is 0 Å². The Morgan fingerprint density at radius 3 is 2.27 bits per heavy atom. The highest BCUT2D eigenvalue weighted by Crippen LogP contribution is 2.05. The summed E-state index contributed by atoms with van der Waals surface area (Å²) in [5, 5.41) is 0. The molecule has 2 amide bonds. The zero-order valence-electron chi connectivity index (χ0n) is 7.94. The third kappa shape index (κ3) is 3.24. The molecule has 0 fully saturated rings. The third-order valence-corrected chi connectivity index (χ3v) is 1.76. The highest BCUT2D eigenvalue weighted by atomic mass is 16.2. The molecule has 1 aromatic rings. The molecule has 0 aliphatic carbocycles. The van der Waals surface area contributed by atoms with E-state index in [0.29, 0.717) is 5.56 Å². The maximum Gasteiger partial charge on any atom is 0.257 e. The molecule has 0 aliphatic heterocycles. The van der Waals surface area contributed by atoms with Crippen molar-refractivity contribution in [2.75, 3.05) is 0 Å². The van der Waals surface area contributed by atoms with Gasteiger partial charge in [0.25, 0.3) is 5.91 Å². The number of carbonyl (C=O) groups is 2. The quantitative estimate of drug-likeness (QED) is 0.275. The molecule has 0 aliphatic rings. The standard InChI is InChI=1S/C10H11N3O2/c11-10(15)8-4-1-7(2-5-8)3-6-9(14)13-12/h1-6H,12H2,(H2,11,15)(H,13,14)/b6-3+. The average molecular weight is 205 g/mol. The van der Waals surface area contributed by atoms with E-state index in [1.165, 1.54) is 6.08 Å². The van der Waals surface area contributed by atoms with Gasteiger partial charge in [-0.2, -0.15) is 0 Å². The smallest absolute Gasteiger partial charge is 0.257 e. The molecule has 0 radical (unpaired) electrons. The van der Waals surface area contributed by atoms with Crippen LogP contribution in [-0.2, 0) is 4.79 Å². The van der Waals surface area contributed by atoms with Crippen molar-refractivity contribution in [1.29, 1.82) is 0 Å². The molecule has 78 valence electrons. The number of hydrogen-bond donors (Lipinski definition) is 3. The minimum Gasteiger partial charge on any atom is -0.366 e. The van der Waals surface area contributed by atoms with Crippen molar-refractivity contribution in [3.05, 3.63) is 41.5 Å². The van der Waals surface area contributed by atoms with Crippen LogP contribution in [0.25, 0.3) is 6.08 Å². The monoisotopic (exact) mass is 205 g/mol. The molecule has 5 heteroatoms. The zero-order chi connectivity index (χ0) is 11.3. The Labute approximate surface area is 86.7 Å². The summed E-state index contributed by atoms with van der Waals surface area (Å²) in [4.78, 5) is 21.5. The first-order valence-corrected chi connectivity index (χ1v) is 4.22. The van der Waals surface area contributed by atoms with Crippen LogP contribution >= 0.6 is 0 Å². The van der Waals surface area contributed by atoms with Gasteiger partial charge in [-0.1, -0.05) is 12.1 Å². The highest BCUT2D eigenvalue weighted by Gasteiger charge is 1.98. The van der Waals surface area contributed by atoms with Crippen molar-refractivity contribution in [1.82, 2.24) is 5.43 Å². The predicted molar refractivity (Wildman–Crippen MR) is 56.3 cm³/mol. The lowest BCUT2D eigenvalue weighted by molar-refractivity contribution is -0.116. The molecular formula is C10H11N3O2. The molecule has 0 aromatic heterocycles. The summed E-state index contributed by atoms with van der Waals surface area (Å²) >= 11 is 0. The molecule has 0 unspecified atom stereocenters. The number of benzene rings is 1. The third-order valence-electron chi connectivity index (χ3n) is 1.76. The lowest BCUT2D eigenvalue weighted by Gasteiger charge is -1.96. The second-order valence-electron chi connectivity index (χ2n) is 2.83. The van der Waals surface area contributed by atoms with Gasteiger partial charge in [0, 0.05) is 11.6 Å². The summed E-state index contributed by atoms with van der Waals surface area (Å²) in [5.41, 5.74) is 8.24. The Kier molecular flexibility index (Phi) is 3.59. The normalized spacial score (nSPS) is 10.2. The van der Waals surface area contributed by atoms with Crippen LogP contribution in [0.1, 0.15) is 15.9 Å². The first-order valence-electron chi connectivity index (χ1n) is 4.22. The van der Waals surface area contributed by atoms with E-state index in [9.17, 15) is 9.59 Å². The second-order valence-corrected chi connectivity index (χ2v) is 2.83. The van der Waals surface area contributed by atoms with Gasteiger partial charge in [0.05, 0.1) is 0 Å². The molecule has 0 saturated heterocycles. The molecule has 5 nitrogen and oxygen atoms in total. The summed E-state index contributed by atoms with van der Waals surface area (Å²) in [6.45, 7) is 0. The van der Waals surface area contributed by atoms with Gasteiger partial charge in [-0.3, -0.25) is 15.0 Å². The zero-order valence-corrected chi connectivity index (χ0v) is 7.94. The van der Waals surface area contributed by atoms with Crippen LogP contribution in [0.15, 0.2) is 30.3 Å². The lowest BCUT2D eigenvalue weighted by atomic mass is 10.1. The molecule has 0 heterocycles. The molecule has 1 aromatic carbocycles. The average Bonchev–Trinajstić information content (AvgIpc) is 2.26. The van der Waals surface area contributed by atoms with Crippen LogP contribution in [0, 0.1) is 0 Å². The number of hydrogen-bond acceptors (Lipinski definition) is 3. The van der Waals surface area contributed by atoms with Crippen LogP contribution in [0.3, 0.4) is 0 Å². The van der Waals surface area contributed by atoms with Crippen LogP contribution in [0.4, 0.5) is 0 Å². The van der Waals surface area contributed by atoms with Gasteiger partial charge in [-0.25, -0.2) is 5.84 Å². The molecular weight excluding hydrogens is 194 g/mol. The Morgan fingerprint density at radius 2 is 1.80 bits per heavy atom. The van der Waals surface area contributed by atoms with Gasteiger partial charge in [0.1, 0.15) is 0 Å². The molecule has 0 bridgehead atoms. The fourth-order valence-electron chi connectivity index (χ4n) is 0.979. The van der Waals surface area contributed by atoms with E-state index in [1.807, 2.05) is 5.43 Å². The topological polar surface area (TPSA) is 98.2 Å². The number of carbonyl (C=O) groups excluding carboxylic acids is 2. The Morgan fingerprint density at radius 1 is 1.20 bits per heavy atom. The van der Waals surface area contributed by atoms with Crippen molar-refractivity contribution in [2.24, 2.45) is 11.6 Å². The first-order chi connectivity index (χ1) is 7.13. The van der Waals surface area contributed by atoms with Gasteiger partial charge in [-0.05, 0) is 23.8 Å². The van der Waals surface area contributed by atoms with Crippen LogP contribution in [0.2, 0.25) is 0 Å². The Balaban J connectivity index is 2.77. The Bertz CT molecular complexity index is 396. The van der Waals surface area contributed by atoms with Crippen LogP contribution in [-0.4, -0.2) is 11.8 Å². The van der Waals surface area contributed by atoms with Crippen molar-refractivity contribution < 1.29 is 9.59 Å². The molecule has 0 spiro atoms. The predicted octanol–water partition coefficient (Wildman–Crippen LogP) is -0.211. The maximum atomic E-state index is 10.8. The van der Waals surface area contributed by atoms with Crippen molar-refractivity contribution in [2.45, 2.75) is 0 Å². The van der Waals surface area contributed by atoms with Gasteiger partial charge in [0.15, 0.2) is 0 Å². The van der Waals surface area contributed by atoms with E-state index in [4.69, 9.17) is 11.6 Å². The number of nitrogens with two attached hydrogens (primary N) is 2. The fourth-order valence-corrected chi connectivity index (χ4v) is 0.979. The summed E-state index contributed by atoms with van der Waals surface area (Å²) in [5.74, 6) is 4.01. The van der Waals surface area contributed by atoms with E-state index in [0.717, 1.165) is 5.56 Å². The van der Waals surface area contributed by atoms with Gasteiger partial charge in [-0.15, -0.1) is 0 Å².